The minimum absolute atomic E-state index is 0.497. The second kappa shape index (κ2) is 3.78. The molecule has 11 heavy (non-hydrogen) atoms. The zero-order valence-electron chi connectivity index (χ0n) is 5.75. The molecule has 0 saturated heterocycles. The van der Waals surface area contributed by atoms with Gasteiger partial charge in [-0.05, 0) is 27.6 Å². The van der Waals surface area contributed by atoms with E-state index in [1.54, 1.807) is 12.4 Å². The molecule has 0 atom stereocenters. The fraction of sp³-hybridized carbons (Fsp3) is 0.143. The molecule has 0 aliphatic rings. The van der Waals surface area contributed by atoms with E-state index in [0.717, 1.165) is 10.0 Å². The standard InChI is InChI=1S/C7H7BrN2S/c8-6-4-10-2-1-5(6)3-7(9)11/h1-2,4H,3H2,(H2,9,11). The van der Waals surface area contributed by atoms with Crippen LogP contribution in [0.15, 0.2) is 22.9 Å². The quantitative estimate of drug-likeness (QED) is 0.787. The highest BCUT2D eigenvalue weighted by atomic mass is 79.9. The topological polar surface area (TPSA) is 38.9 Å². The Balaban J connectivity index is 2.86. The van der Waals surface area contributed by atoms with Crippen molar-refractivity contribution < 1.29 is 0 Å². The van der Waals surface area contributed by atoms with Crippen molar-refractivity contribution >= 4 is 33.1 Å². The number of hydrogen-bond acceptors (Lipinski definition) is 2. The van der Waals surface area contributed by atoms with Crippen LogP contribution in [-0.2, 0) is 6.42 Å². The van der Waals surface area contributed by atoms with Gasteiger partial charge in [-0.1, -0.05) is 12.2 Å². The van der Waals surface area contributed by atoms with Crippen LogP contribution in [0.3, 0.4) is 0 Å². The number of pyridine rings is 1. The molecule has 0 saturated carbocycles. The average molecular weight is 231 g/mol. The first kappa shape index (κ1) is 8.62. The molecule has 0 aliphatic carbocycles. The van der Waals surface area contributed by atoms with Crippen molar-refractivity contribution in [1.29, 1.82) is 0 Å². The molecule has 0 aromatic carbocycles. The molecule has 0 bridgehead atoms. The largest absolute Gasteiger partial charge is 0.393 e. The SMILES string of the molecule is NC(=S)Cc1ccncc1Br. The minimum Gasteiger partial charge on any atom is -0.393 e. The van der Waals surface area contributed by atoms with Crippen LogP contribution in [-0.4, -0.2) is 9.97 Å². The number of halogens is 1. The van der Waals surface area contributed by atoms with Crippen LogP contribution in [0.4, 0.5) is 0 Å². The van der Waals surface area contributed by atoms with E-state index in [1.807, 2.05) is 6.07 Å². The molecule has 1 heterocycles. The molecular formula is C7H7BrN2S. The highest BCUT2D eigenvalue weighted by Crippen LogP contribution is 2.14. The molecular weight excluding hydrogens is 224 g/mol. The van der Waals surface area contributed by atoms with Gasteiger partial charge in [0, 0.05) is 23.3 Å². The molecule has 2 nitrogen and oxygen atoms in total. The van der Waals surface area contributed by atoms with Crippen molar-refractivity contribution in [3.8, 4) is 0 Å². The van der Waals surface area contributed by atoms with E-state index in [9.17, 15) is 0 Å². The van der Waals surface area contributed by atoms with Gasteiger partial charge in [-0.3, -0.25) is 4.98 Å². The molecule has 1 aromatic rings. The number of rotatable bonds is 2. The third-order valence-electron chi connectivity index (χ3n) is 1.22. The van der Waals surface area contributed by atoms with Crippen LogP contribution in [0, 0.1) is 0 Å². The van der Waals surface area contributed by atoms with Gasteiger partial charge in [-0.25, -0.2) is 0 Å². The summed E-state index contributed by atoms with van der Waals surface area (Å²) in [6.45, 7) is 0. The lowest BCUT2D eigenvalue weighted by Crippen LogP contribution is -2.11. The van der Waals surface area contributed by atoms with E-state index in [2.05, 4.69) is 20.9 Å². The zero-order valence-corrected chi connectivity index (χ0v) is 8.15. The minimum atomic E-state index is 0.497. The van der Waals surface area contributed by atoms with Gasteiger partial charge in [0.25, 0.3) is 0 Å². The van der Waals surface area contributed by atoms with E-state index in [0.29, 0.717) is 11.4 Å². The van der Waals surface area contributed by atoms with Gasteiger partial charge in [0.2, 0.25) is 0 Å². The highest BCUT2D eigenvalue weighted by Gasteiger charge is 1.99. The number of nitrogens with zero attached hydrogens (tertiary/aromatic N) is 1. The summed E-state index contributed by atoms with van der Waals surface area (Å²) < 4.78 is 0.952. The lowest BCUT2D eigenvalue weighted by molar-refractivity contribution is 1.22. The Morgan fingerprint density at radius 2 is 2.45 bits per heavy atom. The predicted octanol–water partition coefficient (Wildman–Crippen LogP) is 1.67. The lowest BCUT2D eigenvalue weighted by Gasteiger charge is -2.00. The zero-order chi connectivity index (χ0) is 8.27. The molecule has 0 aliphatic heterocycles. The van der Waals surface area contributed by atoms with Crippen LogP contribution in [0.25, 0.3) is 0 Å². The van der Waals surface area contributed by atoms with Gasteiger partial charge in [-0.15, -0.1) is 0 Å². The maximum absolute atomic E-state index is 5.38. The highest BCUT2D eigenvalue weighted by molar-refractivity contribution is 9.10. The first-order chi connectivity index (χ1) is 5.20. The second-order valence-corrected chi connectivity index (χ2v) is 3.49. The molecule has 0 radical (unpaired) electrons. The van der Waals surface area contributed by atoms with Crippen molar-refractivity contribution in [2.75, 3.05) is 0 Å². The van der Waals surface area contributed by atoms with E-state index in [-0.39, 0.29) is 0 Å². The summed E-state index contributed by atoms with van der Waals surface area (Å²) in [6.07, 6.45) is 4.07. The van der Waals surface area contributed by atoms with Gasteiger partial charge >= 0.3 is 0 Å². The molecule has 4 heteroatoms. The fourth-order valence-electron chi connectivity index (χ4n) is 0.735. The number of nitrogens with two attached hydrogens (primary N) is 1. The van der Waals surface area contributed by atoms with Gasteiger partial charge in [-0.2, -0.15) is 0 Å². The maximum atomic E-state index is 5.38. The van der Waals surface area contributed by atoms with Crippen molar-refractivity contribution in [2.24, 2.45) is 5.73 Å². The van der Waals surface area contributed by atoms with Crippen LogP contribution >= 0.6 is 28.1 Å². The van der Waals surface area contributed by atoms with Crippen LogP contribution in [0.5, 0.6) is 0 Å². The molecule has 0 amide bonds. The first-order valence-electron chi connectivity index (χ1n) is 3.07. The smallest absolute Gasteiger partial charge is 0.0772 e. The summed E-state index contributed by atoms with van der Waals surface area (Å²) in [4.78, 5) is 4.42. The fourth-order valence-corrected chi connectivity index (χ4v) is 1.28. The number of aromatic nitrogens is 1. The third kappa shape index (κ3) is 2.55. The van der Waals surface area contributed by atoms with Crippen LogP contribution in [0.1, 0.15) is 5.56 Å². The summed E-state index contributed by atoms with van der Waals surface area (Å²) in [6, 6.07) is 1.89. The van der Waals surface area contributed by atoms with Crippen molar-refractivity contribution in [2.45, 2.75) is 6.42 Å². The summed E-state index contributed by atoms with van der Waals surface area (Å²) >= 11 is 8.12. The Hall–Kier alpha value is -0.480. The summed E-state index contributed by atoms with van der Waals surface area (Å²) in [5.74, 6) is 0. The first-order valence-corrected chi connectivity index (χ1v) is 4.27. The lowest BCUT2D eigenvalue weighted by atomic mass is 10.2. The summed E-state index contributed by atoms with van der Waals surface area (Å²) in [5, 5.41) is 0. The molecule has 58 valence electrons. The van der Waals surface area contributed by atoms with Crippen molar-refractivity contribution in [1.82, 2.24) is 4.98 Å². The monoisotopic (exact) mass is 230 g/mol. The molecule has 1 rings (SSSR count). The van der Waals surface area contributed by atoms with E-state index in [1.165, 1.54) is 0 Å². The molecule has 2 N–H and O–H groups in total. The van der Waals surface area contributed by atoms with Gasteiger partial charge in [0.1, 0.15) is 0 Å². The molecule has 1 aromatic heterocycles. The Bertz CT molecular complexity index is 275. The van der Waals surface area contributed by atoms with Crippen LogP contribution in [0.2, 0.25) is 0 Å². The Labute approximate surface area is 78.9 Å². The Kier molecular flexibility index (Phi) is 2.96. The van der Waals surface area contributed by atoms with Gasteiger partial charge in [0.15, 0.2) is 0 Å². The maximum Gasteiger partial charge on any atom is 0.0772 e. The average Bonchev–Trinajstić information content (AvgIpc) is 1.93. The van der Waals surface area contributed by atoms with Crippen molar-refractivity contribution in [3.63, 3.8) is 0 Å². The molecule has 0 fully saturated rings. The van der Waals surface area contributed by atoms with Crippen LogP contribution < -0.4 is 5.73 Å². The normalized spacial score (nSPS) is 9.55. The number of thiocarbonyl (C=S) groups is 1. The van der Waals surface area contributed by atoms with E-state index in [4.69, 9.17) is 18.0 Å². The van der Waals surface area contributed by atoms with Gasteiger partial charge in [0.05, 0.1) is 4.99 Å². The number of hydrogen-bond donors (Lipinski definition) is 1. The molecule has 0 unspecified atom stereocenters. The second-order valence-electron chi connectivity index (χ2n) is 2.11. The van der Waals surface area contributed by atoms with E-state index < -0.39 is 0 Å². The summed E-state index contributed by atoms with van der Waals surface area (Å²) in [7, 11) is 0. The predicted molar refractivity (Wildman–Crippen MR) is 52.4 cm³/mol. The Morgan fingerprint density at radius 3 is 3.00 bits per heavy atom. The summed E-state index contributed by atoms with van der Waals surface area (Å²) in [5.41, 5.74) is 6.46. The third-order valence-corrected chi connectivity index (χ3v) is 2.08. The van der Waals surface area contributed by atoms with Gasteiger partial charge < -0.3 is 5.73 Å². The molecule has 0 spiro atoms. The van der Waals surface area contributed by atoms with E-state index >= 15 is 0 Å². The Morgan fingerprint density at radius 1 is 1.73 bits per heavy atom. The van der Waals surface area contributed by atoms with Crippen molar-refractivity contribution in [3.05, 3.63) is 28.5 Å².